The first-order chi connectivity index (χ1) is 10.3. The van der Waals surface area contributed by atoms with Gasteiger partial charge >= 0.3 is 0 Å². The molecule has 4 nitrogen and oxygen atoms in total. The van der Waals surface area contributed by atoms with E-state index in [1.54, 1.807) is 0 Å². The first-order valence-electron chi connectivity index (χ1n) is 7.48. The molecule has 0 radical (unpaired) electrons. The molecule has 1 amide bonds. The van der Waals surface area contributed by atoms with Crippen LogP contribution in [-0.2, 0) is 13.0 Å². The Balaban J connectivity index is 2.17. The SMILES string of the molecule is CCCn1c2cccnc2c2c3c(ccc21)C(=O)NCC3. The van der Waals surface area contributed by atoms with Crippen LogP contribution in [0, 0.1) is 0 Å². The van der Waals surface area contributed by atoms with Gasteiger partial charge in [-0.15, -0.1) is 0 Å². The minimum Gasteiger partial charge on any atom is -0.352 e. The zero-order valence-corrected chi connectivity index (χ0v) is 12.0. The zero-order chi connectivity index (χ0) is 14.4. The van der Waals surface area contributed by atoms with Crippen molar-refractivity contribution in [2.24, 2.45) is 0 Å². The Bertz CT molecular complexity index is 863. The molecule has 1 aromatic carbocycles. The van der Waals surface area contributed by atoms with Crippen LogP contribution in [0.15, 0.2) is 30.5 Å². The highest BCUT2D eigenvalue weighted by atomic mass is 16.1. The van der Waals surface area contributed by atoms with Gasteiger partial charge in [-0.05, 0) is 42.7 Å². The van der Waals surface area contributed by atoms with Crippen LogP contribution in [0.25, 0.3) is 21.9 Å². The van der Waals surface area contributed by atoms with Gasteiger partial charge in [-0.1, -0.05) is 6.92 Å². The maximum atomic E-state index is 12.1. The maximum absolute atomic E-state index is 12.1. The van der Waals surface area contributed by atoms with Gasteiger partial charge < -0.3 is 9.88 Å². The predicted molar refractivity (Wildman–Crippen MR) is 83.6 cm³/mol. The van der Waals surface area contributed by atoms with Crippen molar-refractivity contribution in [1.82, 2.24) is 14.9 Å². The van der Waals surface area contributed by atoms with Gasteiger partial charge in [0, 0.05) is 30.2 Å². The fraction of sp³-hybridized carbons (Fsp3) is 0.294. The summed E-state index contributed by atoms with van der Waals surface area (Å²) >= 11 is 0. The lowest BCUT2D eigenvalue weighted by Crippen LogP contribution is -2.31. The van der Waals surface area contributed by atoms with Gasteiger partial charge in [0.2, 0.25) is 0 Å². The number of aryl methyl sites for hydroxylation is 1. The molecule has 21 heavy (non-hydrogen) atoms. The number of pyridine rings is 1. The second-order valence-electron chi connectivity index (χ2n) is 5.51. The Labute approximate surface area is 122 Å². The van der Waals surface area contributed by atoms with Crippen LogP contribution < -0.4 is 5.32 Å². The Kier molecular flexibility index (Phi) is 2.70. The second kappa shape index (κ2) is 4.58. The van der Waals surface area contributed by atoms with Gasteiger partial charge in [0.05, 0.1) is 16.6 Å². The van der Waals surface area contributed by atoms with E-state index in [4.69, 9.17) is 0 Å². The summed E-state index contributed by atoms with van der Waals surface area (Å²) in [6.07, 6.45) is 3.78. The number of fused-ring (bicyclic) bond motifs is 5. The molecular weight excluding hydrogens is 262 g/mol. The highest BCUT2D eigenvalue weighted by Crippen LogP contribution is 2.33. The van der Waals surface area contributed by atoms with E-state index in [1.165, 1.54) is 5.52 Å². The number of hydrogen-bond donors (Lipinski definition) is 1. The third-order valence-electron chi connectivity index (χ3n) is 4.25. The van der Waals surface area contributed by atoms with Gasteiger partial charge in [-0.3, -0.25) is 9.78 Å². The number of amides is 1. The number of aromatic nitrogens is 2. The monoisotopic (exact) mass is 279 g/mol. The summed E-state index contributed by atoms with van der Waals surface area (Å²) in [5.41, 5.74) is 5.32. The van der Waals surface area contributed by atoms with Crippen molar-refractivity contribution in [3.8, 4) is 0 Å². The summed E-state index contributed by atoms with van der Waals surface area (Å²) in [6, 6.07) is 8.12. The lowest BCUT2D eigenvalue weighted by molar-refractivity contribution is 0.0946. The molecule has 0 saturated heterocycles. The quantitative estimate of drug-likeness (QED) is 0.784. The summed E-state index contributed by atoms with van der Waals surface area (Å²) in [6.45, 7) is 3.86. The van der Waals surface area contributed by atoms with Crippen molar-refractivity contribution in [3.05, 3.63) is 41.6 Å². The highest BCUT2D eigenvalue weighted by molar-refractivity contribution is 6.12. The van der Waals surface area contributed by atoms with Crippen molar-refractivity contribution < 1.29 is 4.79 Å². The minimum absolute atomic E-state index is 0.0328. The normalized spacial score (nSPS) is 14.4. The smallest absolute Gasteiger partial charge is 0.251 e. The number of carbonyl (C=O) groups is 1. The van der Waals surface area contributed by atoms with Crippen LogP contribution in [-0.4, -0.2) is 22.0 Å². The van der Waals surface area contributed by atoms with E-state index in [0.29, 0.717) is 6.54 Å². The van der Waals surface area contributed by atoms with Crippen LogP contribution in [0.3, 0.4) is 0 Å². The largest absolute Gasteiger partial charge is 0.352 e. The Morgan fingerprint density at radius 2 is 2.19 bits per heavy atom. The number of hydrogen-bond acceptors (Lipinski definition) is 2. The molecule has 1 aliphatic heterocycles. The van der Waals surface area contributed by atoms with Crippen LogP contribution in [0.2, 0.25) is 0 Å². The third-order valence-corrected chi connectivity index (χ3v) is 4.25. The molecule has 106 valence electrons. The number of nitrogens with one attached hydrogen (secondary N) is 1. The molecule has 0 atom stereocenters. The topological polar surface area (TPSA) is 46.9 Å². The Morgan fingerprint density at radius 1 is 1.29 bits per heavy atom. The molecule has 0 bridgehead atoms. The molecule has 1 N–H and O–H groups in total. The van der Waals surface area contributed by atoms with Crippen molar-refractivity contribution in [2.75, 3.05) is 6.54 Å². The van der Waals surface area contributed by atoms with Crippen LogP contribution >= 0.6 is 0 Å². The first kappa shape index (κ1) is 12.4. The van der Waals surface area contributed by atoms with E-state index in [1.807, 2.05) is 18.3 Å². The molecule has 4 heteroatoms. The average Bonchev–Trinajstić information content (AvgIpc) is 2.83. The number of benzene rings is 1. The molecular formula is C17H17N3O. The summed E-state index contributed by atoms with van der Waals surface area (Å²) in [7, 11) is 0. The number of carbonyl (C=O) groups excluding carboxylic acids is 1. The number of rotatable bonds is 2. The van der Waals surface area contributed by atoms with E-state index in [2.05, 4.69) is 33.9 Å². The fourth-order valence-corrected chi connectivity index (χ4v) is 3.39. The molecule has 4 rings (SSSR count). The van der Waals surface area contributed by atoms with Gasteiger partial charge in [0.1, 0.15) is 0 Å². The van der Waals surface area contributed by atoms with E-state index in [-0.39, 0.29) is 5.91 Å². The summed E-state index contributed by atoms with van der Waals surface area (Å²) in [5, 5.41) is 4.08. The van der Waals surface area contributed by atoms with E-state index < -0.39 is 0 Å². The van der Waals surface area contributed by atoms with Crippen LogP contribution in [0.4, 0.5) is 0 Å². The molecule has 0 saturated carbocycles. The van der Waals surface area contributed by atoms with E-state index in [0.717, 1.165) is 46.9 Å². The summed E-state index contributed by atoms with van der Waals surface area (Å²) in [5.74, 6) is 0.0328. The van der Waals surface area contributed by atoms with Crippen LogP contribution in [0.1, 0.15) is 29.3 Å². The molecule has 0 aliphatic carbocycles. The maximum Gasteiger partial charge on any atom is 0.251 e. The first-order valence-corrected chi connectivity index (χ1v) is 7.48. The van der Waals surface area contributed by atoms with Crippen LogP contribution in [0.5, 0.6) is 0 Å². The molecule has 0 spiro atoms. The lowest BCUT2D eigenvalue weighted by Gasteiger charge is -2.17. The molecule has 0 unspecified atom stereocenters. The summed E-state index contributed by atoms with van der Waals surface area (Å²) in [4.78, 5) is 16.7. The van der Waals surface area contributed by atoms with Crippen molar-refractivity contribution in [2.45, 2.75) is 26.3 Å². The van der Waals surface area contributed by atoms with Crippen molar-refractivity contribution >= 4 is 27.8 Å². The molecule has 3 aromatic rings. The molecule has 3 heterocycles. The zero-order valence-electron chi connectivity index (χ0n) is 12.0. The molecule has 2 aromatic heterocycles. The van der Waals surface area contributed by atoms with E-state index in [9.17, 15) is 4.79 Å². The standard InChI is InChI=1S/C17H17N3O/c1-2-10-20-13-6-5-12-11(7-9-19-17(12)21)15(13)16-14(20)4-3-8-18-16/h3-6,8H,2,7,9-10H2,1H3,(H,19,21). The van der Waals surface area contributed by atoms with E-state index >= 15 is 0 Å². The third kappa shape index (κ3) is 1.68. The Morgan fingerprint density at radius 3 is 3.05 bits per heavy atom. The van der Waals surface area contributed by atoms with Crippen molar-refractivity contribution in [1.29, 1.82) is 0 Å². The predicted octanol–water partition coefficient (Wildman–Crippen LogP) is 2.89. The minimum atomic E-state index is 0.0328. The van der Waals surface area contributed by atoms with Gasteiger partial charge in [-0.25, -0.2) is 0 Å². The lowest BCUT2D eigenvalue weighted by atomic mass is 9.96. The van der Waals surface area contributed by atoms with Gasteiger partial charge in [0.15, 0.2) is 0 Å². The summed E-state index contributed by atoms with van der Waals surface area (Å²) < 4.78 is 2.32. The van der Waals surface area contributed by atoms with Gasteiger partial charge in [-0.2, -0.15) is 0 Å². The molecule has 0 fully saturated rings. The second-order valence-corrected chi connectivity index (χ2v) is 5.51. The van der Waals surface area contributed by atoms with Crippen molar-refractivity contribution in [3.63, 3.8) is 0 Å². The van der Waals surface area contributed by atoms with Gasteiger partial charge in [0.25, 0.3) is 5.91 Å². The average molecular weight is 279 g/mol. The molecule has 1 aliphatic rings. The highest BCUT2D eigenvalue weighted by Gasteiger charge is 2.22. The number of nitrogens with zero attached hydrogens (tertiary/aromatic N) is 2. The fourth-order valence-electron chi connectivity index (χ4n) is 3.39. The Hall–Kier alpha value is -2.36.